The highest BCUT2D eigenvalue weighted by molar-refractivity contribution is 4.73. The second kappa shape index (κ2) is 9.70. The Bertz CT molecular complexity index is 216. The third-order valence-electron chi connectivity index (χ3n) is 4.48. The summed E-state index contributed by atoms with van der Waals surface area (Å²) < 4.78 is 0. The van der Waals surface area contributed by atoms with Gasteiger partial charge in [0.05, 0.1) is 0 Å². The largest absolute Gasteiger partial charge is 0.396 e. The van der Waals surface area contributed by atoms with Crippen LogP contribution >= 0.6 is 0 Å². The number of hydrogen-bond acceptors (Lipinski definition) is 4. The molecule has 4 nitrogen and oxygen atoms in total. The van der Waals surface area contributed by atoms with E-state index < -0.39 is 0 Å². The Morgan fingerprint density at radius 1 is 0.947 bits per heavy atom. The molecule has 2 rings (SSSR count). The number of rotatable bonds is 3. The van der Waals surface area contributed by atoms with Crippen molar-refractivity contribution in [3.05, 3.63) is 0 Å². The van der Waals surface area contributed by atoms with Crippen LogP contribution in [0.4, 0.5) is 0 Å². The molecule has 0 saturated carbocycles. The number of aliphatic hydroxyl groups is 2. The third kappa shape index (κ3) is 6.70. The van der Waals surface area contributed by atoms with Crippen molar-refractivity contribution < 1.29 is 10.2 Å². The summed E-state index contributed by atoms with van der Waals surface area (Å²) in [6.45, 7) is 4.25. The van der Waals surface area contributed by atoms with E-state index in [-0.39, 0.29) is 0 Å². The van der Waals surface area contributed by atoms with Gasteiger partial charge in [0.2, 0.25) is 0 Å². The maximum absolute atomic E-state index is 8.76. The van der Waals surface area contributed by atoms with E-state index in [4.69, 9.17) is 10.2 Å². The van der Waals surface area contributed by atoms with Crippen LogP contribution in [0, 0.1) is 5.92 Å². The quantitative estimate of drug-likeness (QED) is 0.810. The summed E-state index contributed by atoms with van der Waals surface area (Å²) in [7, 11) is 4.28. The Labute approximate surface area is 118 Å². The molecule has 19 heavy (non-hydrogen) atoms. The highest BCUT2D eigenvalue weighted by Crippen LogP contribution is 2.16. The summed E-state index contributed by atoms with van der Waals surface area (Å²) >= 11 is 0. The van der Waals surface area contributed by atoms with Crippen LogP contribution in [0.3, 0.4) is 0 Å². The zero-order valence-corrected chi connectivity index (χ0v) is 12.7. The number of nitrogens with zero attached hydrogens (tertiary/aromatic N) is 2. The number of likely N-dealkylation sites (tertiary alicyclic amines) is 2. The van der Waals surface area contributed by atoms with Crippen molar-refractivity contribution in [1.29, 1.82) is 0 Å². The lowest BCUT2D eigenvalue weighted by Crippen LogP contribution is -2.36. The third-order valence-corrected chi connectivity index (χ3v) is 4.48. The molecule has 2 saturated heterocycles. The lowest BCUT2D eigenvalue weighted by molar-refractivity contribution is 0.147. The van der Waals surface area contributed by atoms with Gasteiger partial charge >= 0.3 is 0 Å². The highest BCUT2D eigenvalue weighted by Gasteiger charge is 2.17. The van der Waals surface area contributed by atoms with E-state index >= 15 is 0 Å². The van der Waals surface area contributed by atoms with Crippen LogP contribution in [0.25, 0.3) is 0 Å². The van der Waals surface area contributed by atoms with E-state index in [2.05, 4.69) is 23.9 Å². The number of hydrogen-bond donors (Lipinski definition) is 2. The SMILES string of the molecule is CN1CCC(CO)CC1.CN1CCCCC1CCO. The van der Waals surface area contributed by atoms with E-state index in [1.807, 2.05) is 0 Å². The van der Waals surface area contributed by atoms with Crippen LogP contribution in [0.1, 0.15) is 38.5 Å². The molecule has 0 radical (unpaired) electrons. The molecule has 0 aliphatic carbocycles. The average molecular weight is 272 g/mol. The summed E-state index contributed by atoms with van der Waals surface area (Å²) in [6.07, 6.45) is 7.25. The van der Waals surface area contributed by atoms with Gasteiger partial charge in [0.1, 0.15) is 0 Å². The predicted octanol–water partition coefficient (Wildman–Crippen LogP) is 1.17. The fraction of sp³-hybridized carbons (Fsp3) is 1.00. The molecule has 0 aromatic heterocycles. The molecule has 4 heteroatoms. The molecule has 1 atom stereocenters. The molecule has 2 fully saturated rings. The van der Waals surface area contributed by atoms with E-state index in [0.717, 1.165) is 19.5 Å². The summed E-state index contributed by atoms with van der Waals surface area (Å²) in [5.41, 5.74) is 0. The summed E-state index contributed by atoms with van der Waals surface area (Å²) in [5, 5.41) is 17.5. The van der Waals surface area contributed by atoms with Gasteiger partial charge in [0.15, 0.2) is 0 Å². The Kier molecular flexibility index (Phi) is 8.62. The van der Waals surface area contributed by atoms with Crippen molar-refractivity contribution in [3.8, 4) is 0 Å². The van der Waals surface area contributed by atoms with Gasteiger partial charge in [-0.25, -0.2) is 0 Å². The van der Waals surface area contributed by atoms with E-state index in [0.29, 0.717) is 25.2 Å². The van der Waals surface area contributed by atoms with Crippen molar-refractivity contribution in [2.24, 2.45) is 5.92 Å². The zero-order valence-electron chi connectivity index (χ0n) is 12.7. The van der Waals surface area contributed by atoms with Crippen molar-refractivity contribution >= 4 is 0 Å². The molecule has 0 amide bonds. The summed E-state index contributed by atoms with van der Waals surface area (Å²) in [6, 6.07) is 0.652. The molecule has 0 bridgehead atoms. The molecule has 2 aliphatic rings. The Morgan fingerprint density at radius 3 is 2.16 bits per heavy atom. The van der Waals surface area contributed by atoms with Crippen LogP contribution in [-0.2, 0) is 0 Å². The minimum atomic E-state index is 0.342. The van der Waals surface area contributed by atoms with E-state index in [1.165, 1.54) is 38.6 Å². The summed E-state index contributed by atoms with van der Waals surface area (Å²) in [5.74, 6) is 0.584. The van der Waals surface area contributed by atoms with Gasteiger partial charge < -0.3 is 20.0 Å². The van der Waals surface area contributed by atoms with Crippen molar-refractivity contribution in [2.75, 3.05) is 46.9 Å². The minimum Gasteiger partial charge on any atom is -0.396 e. The van der Waals surface area contributed by atoms with Gasteiger partial charge in [-0.2, -0.15) is 0 Å². The Morgan fingerprint density at radius 2 is 1.63 bits per heavy atom. The summed E-state index contributed by atoms with van der Waals surface area (Å²) in [4.78, 5) is 4.67. The fourth-order valence-corrected chi connectivity index (χ4v) is 2.90. The van der Waals surface area contributed by atoms with Crippen molar-refractivity contribution in [1.82, 2.24) is 9.80 Å². The smallest absolute Gasteiger partial charge is 0.0460 e. The first kappa shape index (κ1) is 16.9. The average Bonchev–Trinajstić information content (AvgIpc) is 2.43. The van der Waals surface area contributed by atoms with Crippen LogP contribution in [-0.4, -0.2) is 73.0 Å². The molecule has 2 N–H and O–H groups in total. The van der Waals surface area contributed by atoms with Gasteiger partial charge in [-0.1, -0.05) is 6.42 Å². The minimum absolute atomic E-state index is 0.342. The second-order valence-corrected chi connectivity index (χ2v) is 6.07. The first-order chi connectivity index (χ1) is 9.17. The van der Waals surface area contributed by atoms with Crippen molar-refractivity contribution in [2.45, 2.75) is 44.6 Å². The van der Waals surface area contributed by atoms with Gasteiger partial charge in [0.25, 0.3) is 0 Å². The molecule has 1 unspecified atom stereocenters. The van der Waals surface area contributed by atoms with E-state index in [9.17, 15) is 0 Å². The van der Waals surface area contributed by atoms with E-state index in [1.54, 1.807) is 0 Å². The van der Waals surface area contributed by atoms with Crippen LogP contribution in [0.15, 0.2) is 0 Å². The second-order valence-electron chi connectivity index (χ2n) is 6.07. The molecule has 114 valence electrons. The molecule has 0 aromatic carbocycles. The molecular weight excluding hydrogens is 240 g/mol. The lowest BCUT2D eigenvalue weighted by atomic mass is 9.98. The van der Waals surface area contributed by atoms with Gasteiger partial charge in [-0.3, -0.25) is 0 Å². The van der Waals surface area contributed by atoms with Gasteiger partial charge in [-0.15, -0.1) is 0 Å². The normalized spacial score (nSPS) is 26.8. The molecular formula is C15H32N2O2. The van der Waals surface area contributed by atoms with Crippen LogP contribution < -0.4 is 0 Å². The fourth-order valence-electron chi connectivity index (χ4n) is 2.90. The number of piperidine rings is 2. The maximum Gasteiger partial charge on any atom is 0.0460 e. The Balaban J connectivity index is 0.000000191. The van der Waals surface area contributed by atoms with Gasteiger partial charge in [-0.05, 0) is 71.8 Å². The van der Waals surface area contributed by atoms with Gasteiger partial charge in [0, 0.05) is 19.3 Å². The van der Waals surface area contributed by atoms with Crippen molar-refractivity contribution in [3.63, 3.8) is 0 Å². The molecule has 0 aromatic rings. The molecule has 2 heterocycles. The highest BCUT2D eigenvalue weighted by atomic mass is 16.3. The first-order valence-electron chi connectivity index (χ1n) is 7.78. The number of aliphatic hydroxyl groups excluding tert-OH is 2. The Hall–Kier alpha value is -0.160. The predicted molar refractivity (Wildman–Crippen MR) is 79.3 cm³/mol. The molecule has 0 spiro atoms. The lowest BCUT2D eigenvalue weighted by Gasteiger charge is -2.31. The standard InChI is InChI=1S/C8H17NO.C7H15NO/c1-9-6-3-2-4-8(9)5-7-10;1-8-4-2-7(6-9)3-5-8/h8,10H,2-7H2,1H3;7,9H,2-6H2,1H3. The first-order valence-corrected chi connectivity index (χ1v) is 7.78. The maximum atomic E-state index is 8.76. The molecule has 2 aliphatic heterocycles. The topological polar surface area (TPSA) is 46.9 Å². The van der Waals surface area contributed by atoms with Crippen LogP contribution in [0.5, 0.6) is 0 Å². The monoisotopic (exact) mass is 272 g/mol. The zero-order chi connectivity index (χ0) is 14.1. The van der Waals surface area contributed by atoms with Crippen LogP contribution in [0.2, 0.25) is 0 Å².